The van der Waals surface area contributed by atoms with Crippen molar-refractivity contribution < 1.29 is 18.5 Å². The molecule has 0 radical (unpaired) electrons. The molecule has 0 N–H and O–H groups in total. The van der Waals surface area contributed by atoms with Gasteiger partial charge in [0, 0.05) is 27.4 Å². The van der Waals surface area contributed by atoms with Crippen LogP contribution in [-0.4, -0.2) is 46.1 Å². The molecule has 1 aromatic rings. The average molecular weight is 418 g/mol. The maximum absolute atomic E-state index is 12.5. The molecule has 1 aliphatic rings. The van der Waals surface area contributed by atoms with E-state index in [1.54, 1.807) is 4.90 Å². The van der Waals surface area contributed by atoms with E-state index in [4.69, 9.17) is 9.47 Å². The summed E-state index contributed by atoms with van der Waals surface area (Å²) in [4.78, 5) is 14.2. The van der Waals surface area contributed by atoms with E-state index in [0.29, 0.717) is 30.5 Å². The molecule has 1 unspecified atom stereocenters. The van der Waals surface area contributed by atoms with Crippen molar-refractivity contribution in [2.45, 2.75) is 45.5 Å². The Kier molecular flexibility index (Phi) is 6.69. The first-order valence-electron chi connectivity index (χ1n) is 8.03. The Balaban J connectivity index is 2.06. The van der Waals surface area contributed by atoms with Crippen LogP contribution in [0.15, 0.2) is 16.6 Å². The molecule has 24 heavy (non-hydrogen) atoms. The molecule has 1 atom stereocenters. The number of benzene rings is 1. The van der Waals surface area contributed by atoms with Gasteiger partial charge in [0.15, 0.2) is 11.5 Å². The lowest BCUT2D eigenvalue weighted by molar-refractivity contribution is -0.131. The van der Waals surface area contributed by atoms with Crippen molar-refractivity contribution >= 4 is 32.6 Å². The van der Waals surface area contributed by atoms with Gasteiger partial charge in [-0.3, -0.25) is 9.00 Å². The molecule has 0 saturated heterocycles. The van der Waals surface area contributed by atoms with E-state index in [1.807, 2.05) is 39.8 Å². The fourth-order valence-corrected chi connectivity index (χ4v) is 4.59. The number of hydrogen-bond donors (Lipinski definition) is 0. The highest BCUT2D eigenvalue weighted by Gasteiger charge is 2.23. The molecule has 0 spiro atoms. The SMILES string of the molecule is CC(C)N(C(=O)CS(=O)Cc1cc2c(cc1Br)OCCO2)C(C)C. The predicted octanol–water partition coefficient (Wildman–Crippen LogP) is 3.11. The smallest absolute Gasteiger partial charge is 0.235 e. The first-order chi connectivity index (χ1) is 11.3. The van der Waals surface area contributed by atoms with Gasteiger partial charge in [-0.25, -0.2) is 0 Å². The van der Waals surface area contributed by atoms with Gasteiger partial charge in [-0.2, -0.15) is 0 Å². The molecule has 0 fully saturated rings. The normalized spacial score (nSPS) is 14.8. The third-order valence-electron chi connectivity index (χ3n) is 3.71. The third kappa shape index (κ3) is 4.72. The molecule has 1 aromatic carbocycles. The summed E-state index contributed by atoms with van der Waals surface area (Å²) in [7, 11) is -1.28. The molecular formula is C17H24BrNO4S. The van der Waals surface area contributed by atoms with E-state index in [9.17, 15) is 9.00 Å². The van der Waals surface area contributed by atoms with E-state index in [2.05, 4.69) is 15.9 Å². The second kappa shape index (κ2) is 8.34. The highest BCUT2D eigenvalue weighted by atomic mass is 79.9. The van der Waals surface area contributed by atoms with Crippen molar-refractivity contribution in [1.82, 2.24) is 4.90 Å². The van der Waals surface area contributed by atoms with Crippen LogP contribution in [0.1, 0.15) is 33.3 Å². The number of ether oxygens (including phenoxy) is 2. The Morgan fingerprint density at radius 3 is 2.25 bits per heavy atom. The van der Waals surface area contributed by atoms with Crippen LogP contribution in [0.4, 0.5) is 0 Å². The van der Waals surface area contributed by atoms with E-state index >= 15 is 0 Å². The summed E-state index contributed by atoms with van der Waals surface area (Å²) in [6.45, 7) is 8.92. The standard InChI is InChI=1S/C17H24BrNO4S/c1-11(2)19(12(3)4)17(20)10-24(21)9-13-7-15-16(8-14(13)18)23-6-5-22-15/h7-8,11-12H,5-6,9-10H2,1-4H3. The molecule has 0 aliphatic carbocycles. The van der Waals surface area contributed by atoms with Crippen molar-refractivity contribution in [3.63, 3.8) is 0 Å². The topological polar surface area (TPSA) is 55.8 Å². The van der Waals surface area contributed by atoms with Gasteiger partial charge < -0.3 is 14.4 Å². The Hall–Kier alpha value is -1.08. The van der Waals surface area contributed by atoms with Crippen LogP contribution in [0.5, 0.6) is 11.5 Å². The number of halogens is 1. The van der Waals surface area contributed by atoms with Crippen LogP contribution in [0.3, 0.4) is 0 Å². The van der Waals surface area contributed by atoms with Gasteiger partial charge in [-0.15, -0.1) is 0 Å². The summed E-state index contributed by atoms with van der Waals surface area (Å²) in [5.74, 6) is 1.59. The number of amides is 1. The van der Waals surface area contributed by atoms with Crippen LogP contribution in [0.25, 0.3) is 0 Å². The molecule has 7 heteroatoms. The number of carbonyl (C=O) groups excluding carboxylic acids is 1. The molecular weight excluding hydrogens is 394 g/mol. The van der Waals surface area contributed by atoms with Crippen molar-refractivity contribution in [2.24, 2.45) is 0 Å². The van der Waals surface area contributed by atoms with Gasteiger partial charge in [0.2, 0.25) is 5.91 Å². The zero-order chi connectivity index (χ0) is 17.9. The molecule has 134 valence electrons. The summed E-state index contributed by atoms with van der Waals surface area (Å²) >= 11 is 3.48. The zero-order valence-electron chi connectivity index (χ0n) is 14.5. The molecule has 1 heterocycles. The molecule has 1 aliphatic heterocycles. The summed E-state index contributed by atoms with van der Waals surface area (Å²) in [6, 6.07) is 3.85. The van der Waals surface area contributed by atoms with Crippen LogP contribution in [0, 0.1) is 0 Å². The van der Waals surface area contributed by atoms with E-state index in [0.717, 1.165) is 10.0 Å². The molecule has 5 nitrogen and oxygen atoms in total. The predicted molar refractivity (Wildman–Crippen MR) is 99.0 cm³/mol. The van der Waals surface area contributed by atoms with Gasteiger partial charge >= 0.3 is 0 Å². The highest BCUT2D eigenvalue weighted by molar-refractivity contribution is 9.10. The summed E-state index contributed by atoms with van der Waals surface area (Å²) < 4.78 is 24.4. The van der Waals surface area contributed by atoms with Crippen LogP contribution in [-0.2, 0) is 21.3 Å². The first-order valence-corrected chi connectivity index (χ1v) is 10.3. The Morgan fingerprint density at radius 2 is 1.71 bits per heavy atom. The molecule has 0 saturated carbocycles. The van der Waals surface area contributed by atoms with Gasteiger partial charge in [0.25, 0.3) is 0 Å². The minimum absolute atomic E-state index is 0.0250. The van der Waals surface area contributed by atoms with E-state index < -0.39 is 10.8 Å². The Morgan fingerprint density at radius 1 is 1.17 bits per heavy atom. The van der Waals surface area contributed by atoms with Gasteiger partial charge in [0.1, 0.15) is 19.0 Å². The van der Waals surface area contributed by atoms with Crippen LogP contribution >= 0.6 is 15.9 Å². The Bertz CT molecular complexity index is 625. The minimum Gasteiger partial charge on any atom is -0.486 e. The number of hydrogen-bond acceptors (Lipinski definition) is 4. The molecule has 1 amide bonds. The van der Waals surface area contributed by atoms with Gasteiger partial charge in [0.05, 0.1) is 5.75 Å². The summed E-state index contributed by atoms with van der Waals surface area (Å²) in [5, 5.41) is 0. The maximum Gasteiger partial charge on any atom is 0.235 e. The van der Waals surface area contributed by atoms with Crippen LogP contribution < -0.4 is 9.47 Å². The minimum atomic E-state index is -1.28. The first kappa shape index (κ1) is 19.2. The largest absolute Gasteiger partial charge is 0.486 e. The highest BCUT2D eigenvalue weighted by Crippen LogP contribution is 2.36. The number of rotatable bonds is 6. The number of carbonyl (C=O) groups is 1. The monoisotopic (exact) mass is 417 g/mol. The third-order valence-corrected chi connectivity index (χ3v) is 5.65. The molecule has 0 bridgehead atoms. The quantitative estimate of drug-likeness (QED) is 0.713. The van der Waals surface area contributed by atoms with E-state index in [-0.39, 0.29) is 23.7 Å². The lowest BCUT2D eigenvalue weighted by Gasteiger charge is -2.30. The van der Waals surface area contributed by atoms with Crippen molar-refractivity contribution in [3.05, 3.63) is 22.2 Å². The van der Waals surface area contributed by atoms with Crippen molar-refractivity contribution in [3.8, 4) is 11.5 Å². The molecule has 2 rings (SSSR count). The van der Waals surface area contributed by atoms with Gasteiger partial charge in [-0.05, 0) is 45.4 Å². The van der Waals surface area contributed by atoms with Crippen molar-refractivity contribution in [1.29, 1.82) is 0 Å². The zero-order valence-corrected chi connectivity index (χ0v) is 16.9. The summed E-state index contributed by atoms with van der Waals surface area (Å²) in [5.41, 5.74) is 0.853. The average Bonchev–Trinajstić information content (AvgIpc) is 2.46. The van der Waals surface area contributed by atoms with Gasteiger partial charge in [-0.1, -0.05) is 15.9 Å². The van der Waals surface area contributed by atoms with Crippen LogP contribution in [0.2, 0.25) is 0 Å². The second-order valence-electron chi connectivity index (χ2n) is 6.30. The fourth-order valence-electron chi connectivity index (χ4n) is 2.83. The second-order valence-corrected chi connectivity index (χ2v) is 8.62. The lowest BCUT2D eigenvalue weighted by Crippen LogP contribution is -2.44. The Labute approximate surface area is 154 Å². The summed E-state index contributed by atoms with van der Waals surface area (Å²) in [6.07, 6.45) is 0. The maximum atomic E-state index is 12.5. The number of fused-ring (bicyclic) bond motifs is 1. The fraction of sp³-hybridized carbons (Fsp3) is 0.588. The molecule has 0 aromatic heterocycles. The number of nitrogens with zero attached hydrogens (tertiary/aromatic N) is 1. The van der Waals surface area contributed by atoms with E-state index in [1.165, 1.54) is 0 Å². The lowest BCUT2D eigenvalue weighted by atomic mass is 10.2. The van der Waals surface area contributed by atoms with Crippen molar-refractivity contribution in [2.75, 3.05) is 19.0 Å².